The third-order valence-electron chi connectivity index (χ3n) is 4.79. The molecule has 3 rings (SSSR count). The Morgan fingerprint density at radius 2 is 2.08 bits per heavy atom. The van der Waals surface area contributed by atoms with E-state index in [1.807, 2.05) is 18.2 Å². The van der Waals surface area contributed by atoms with E-state index in [1.165, 1.54) is 24.1 Å². The molecule has 134 valence electrons. The Morgan fingerprint density at radius 1 is 1.24 bits per heavy atom. The van der Waals surface area contributed by atoms with Gasteiger partial charge in [-0.25, -0.2) is 0 Å². The highest BCUT2D eigenvalue weighted by Gasteiger charge is 2.33. The number of carbonyl (C=O) groups is 1. The van der Waals surface area contributed by atoms with E-state index in [-0.39, 0.29) is 5.92 Å². The van der Waals surface area contributed by atoms with Crippen LogP contribution in [0.4, 0.5) is 0 Å². The summed E-state index contributed by atoms with van der Waals surface area (Å²) in [4.78, 5) is 14.7. The minimum Gasteiger partial charge on any atom is -0.345 e. The van der Waals surface area contributed by atoms with Crippen LogP contribution >= 0.6 is 11.6 Å². The van der Waals surface area contributed by atoms with Crippen molar-refractivity contribution in [1.29, 1.82) is 0 Å². The van der Waals surface area contributed by atoms with Crippen LogP contribution in [0.15, 0.2) is 42.6 Å². The Bertz CT molecular complexity index is 705. The molecule has 1 saturated carbocycles. The molecule has 1 amide bonds. The second kappa shape index (κ2) is 8.57. The fourth-order valence-corrected chi connectivity index (χ4v) is 3.40. The summed E-state index contributed by atoms with van der Waals surface area (Å²) < 4.78 is 2.22. The normalized spacial score (nSPS) is 13.8. The minimum atomic E-state index is 0.276. The average Bonchev–Trinajstić information content (AvgIpc) is 3.36. The molecule has 1 fully saturated rings. The summed E-state index contributed by atoms with van der Waals surface area (Å²) >= 11 is 6.10. The summed E-state index contributed by atoms with van der Waals surface area (Å²) in [6.07, 6.45) is 7.65. The van der Waals surface area contributed by atoms with Gasteiger partial charge in [0.1, 0.15) is 0 Å². The van der Waals surface area contributed by atoms with Crippen molar-refractivity contribution < 1.29 is 4.79 Å². The van der Waals surface area contributed by atoms with E-state index in [1.54, 1.807) is 0 Å². The molecule has 1 aliphatic carbocycles. The van der Waals surface area contributed by atoms with Crippen LogP contribution in [0.5, 0.6) is 0 Å². The number of hydrogen-bond donors (Lipinski definition) is 0. The van der Waals surface area contributed by atoms with E-state index < -0.39 is 0 Å². The van der Waals surface area contributed by atoms with Crippen LogP contribution in [0.25, 0.3) is 0 Å². The molecule has 0 atom stereocenters. The molecule has 25 heavy (non-hydrogen) atoms. The molecule has 0 unspecified atom stereocenters. The first kappa shape index (κ1) is 18.1. The zero-order valence-electron chi connectivity index (χ0n) is 15.0. The van der Waals surface area contributed by atoms with E-state index in [0.29, 0.717) is 12.5 Å². The molecule has 1 aliphatic rings. The Balaban J connectivity index is 1.69. The van der Waals surface area contributed by atoms with Gasteiger partial charge in [0, 0.05) is 35.9 Å². The number of rotatable bonds is 9. The molecule has 2 aromatic rings. The summed E-state index contributed by atoms with van der Waals surface area (Å²) in [7, 11) is 0. The van der Waals surface area contributed by atoms with E-state index in [9.17, 15) is 4.79 Å². The zero-order valence-corrected chi connectivity index (χ0v) is 15.7. The van der Waals surface area contributed by atoms with Gasteiger partial charge in [-0.3, -0.25) is 4.79 Å². The van der Waals surface area contributed by atoms with Crippen LogP contribution in [0.1, 0.15) is 50.3 Å². The SMILES string of the molecule is CCCCCN(Cc1cccn1Cc1cccc(Cl)c1)C(=O)C1CC1. The van der Waals surface area contributed by atoms with E-state index in [4.69, 9.17) is 11.6 Å². The highest BCUT2D eigenvalue weighted by atomic mass is 35.5. The van der Waals surface area contributed by atoms with Gasteiger partial charge in [0.25, 0.3) is 0 Å². The number of benzene rings is 1. The number of aromatic nitrogens is 1. The van der Waals surface area contributed by atoms with Gasteiger partial charge in [0.05, 0.1) is 6.54 Å². The number of carbonyl (C=O) groups excluding carboxylic acids is 1. The summed E-state index contributed by atoms with van der Waals surface area (Å²) in [6.45, 7) is 4.55. The van der Waals surface area contributed by atoms with Crippen molar-refractivity contribution >= 4 is 17.5 Å². The molecule has 0 bridgehead atoms. The van der Waals surface area contributed by atoms with Crippen LogP contribution in [0, 0.1) is 5.92 Å². The smallest absolute Gasteiger partial charge is 0.226 e. The van der Waals surface area contributed by atoms with Crippen molar-refractivity contribution in [1.82, 2.24) is 9.47 Å². The van der Waals surface area contributed by atoms with Gasteiger partial charge in [-0.15, -0.1) is 0 Å². The lowest BCUT2D eigenvalue weighted by molar-refractivity contribution is -0.133. The maximum absolute atomic E-state index is 12.6. The van der Waals surface area contributed by atoms with Crippen LogP contribution < -0.4 is 0 Å². The molecular weight excluding hydrogens is 332 g/mol. The average molecular weight is 359 g/mol. The topological polar surface area (TPSA) is 25.2 Å². The van der Waals surface area contributed by atoms with Gasteiger partial charge in [-0.05, 0) is 49.1 Å². The molecule has 1 heterocycles. The number of nitrogens with zero attached hydrogens (tertiary/aromatic N) is 2. The standard InChI is InChI=1S/C21H27ClN2O/c1-2-3-4-12-24(21(25)18-10-11-18)16-20-9-6-13-23(20)15-17-7-5-8-19(22)14-17/h5-9,13-14,18H,2-4,10-12,15-16H2,1H3. The molecular formula is C21H27ClN2O. The fraction of sp³-hybridized carbons (Fsp3) is 0.476. The predicted octanol–water partition coefficient (Wildman–Crippen LogP) is 5.12. The van der Waals surface area contributed by atoms with Gasteiger partial charge in [0.15, 0.2) is 0 Å². The Kier molecular flexibility index (Phi) is 6.19. The first-order chi connectivity index (χ1) is 12.2. The second-order valence-electron chi connectivity index (χ2n) is 7.00. The van der Waals surface area contributed by atoms with Gasteiger partial charge in [-0.1, -0.05) is 43.5 Å². The van der Waals surface area contributed by atoms with E-state index in [0.717, 1.165) is 37.4 Å². The number of unbranched alkanes of at least 4 members (excludes halogenated alkanes) is 2. The molecule has 0 radical (unpaired) electrons. The third-order valence-corrected chi connectivity index (χ3v) is 5.02. The first-order valence-electron chi connectivity index (χ1n) is 9.34. The predicted molar refractivity (Wildman–Crippen MR) is 103 cm³/mol. The highest BCUT2D eigenvalue weighted by molar-refractivity contribution is 6.30. The largest absolute Gasteiger partial charge is 0.345 e. The Hall–Kier alpha value is -1.74. The quantitative estimate of drug-likeness (QED) is 0.571. The lowest BCUT2D eigenvalue weighted by Gasteiger charge is -2.24. The molecule has 0 aliphatic heterocycles. The molecule has 3 nitrogen and oxygen atoms in total. The summed E-state index contributed by atoms with van der Waals surface area (Å²) in [5.74, 6) is 0.615. The molecule has 0 saturated heterocycles. The van der Waals surface area contributed by atoms with Crippen molar-refractivity contribution in [3.8, 4) is 0 Å². The second-order valence-corrected chi connectivity index (χ2v) is 7.43. The zero-order chi connectivity index (χ0) is 17.6. The Labute approximate surface area is 155 Å². The Morgan fingerprint density at radius 3 is 2.80 bits per heavy atom. The van der Waals surface area contributed by atoms with Crippen molar-refractivity contribution in [3.05, 3.63) is 58.9 Å². The van der Waals surface area contributed by atoms with Gasteiger partial charge in [0.2, 0.25) is 5.91 Å². The van der Waals surface area contributed by atoms with Gasteiger partial charge < -0.3 is 9.47 Å². The highest BCUT2D eigenvalue weighted by Crippen LogP contribution is 2.31. The number of hydrogen-bond acceptors (Lipinski definition) is 1. The van der Waals surface area contributed by atoms with Crippen molar-refractivity contribution in [2.24, 2.45) is 5.92 Å². The van der Waals surface area contributed by atoms with E-state index in [2.05, 4.69) is 40.8 Å². The lowest BCUT2D eigenvalue weighted by atomic mass is 10.2. The van der Waals surface area contributed by atoms with Gasteiger partial charge in [-0.2, -0.15) is 0 Å². The lowest BCUT2D eigenvalue weighted by Crippen LogP contribution is -2.33. The fourth-order valence-electron chi connectivity index (χ4n) is 3.18. The van der Waals surface area contributed by atoms with Crippen molar-refractivity contribution in [3.63, 3.8) is 0 Å². The molecule has 0 spiro atoms. The molecule has 0 N–H and O–H groups in total. The number of amides is 1. The summed E-state index contributed by atoms with van der Waals surface area (Å²) in [6, 6.07) is 12.1. The summed E-state index contributed by atoms with van der Waals surface area (Å²) in [5.41, 5.74) is 2.36. The van der Waals surface area contributed by atoms with Crippen molar-refractivity contribution in [2.45, 2.75) is 52.1 Å². The van der Waals surface area contributed by atoms with Crippen molar-refractivity contribution in [2.75, 3.05) is 6.54 Å². The van der Waals surface area contributed by atoms with Crippen LogP contribution in [-0.4, -0.2) is 21.9 Å². The molecule has 4 heteroatoms. The summed E-state index contributed by atoms with van der Waals surface area (Å²) in [5, 5.41) is 0.760. The molecule has 1 aromatic carbocycles. The maximum Gasteiger partial charge on any atom is 0.226 e. The monoisotopic (exact) mass is 358 g/mol. The number of halogens is 1. The van der Waals surface area contributed by atoms with Crippen LogP contribution in [0.3, 0.4) is 0 Å². The van der Waals surface area contributed by atoms with Crippen LogP contribution in [-0.2, 0) is 17.9 Å². The minimum absolute atomic E-state index is 0.276. The third kappa shape index (κ3) is 5.12. The molecule has 1 aromatic heterocycles. The first-order valence-corrected chi connectivity index (χ1v) is 9.72. The van der Waals surface area contributed by atoms with Gasteiger partial charge >= 0.3 is 0 Å². The van der Waals surface area contributed by atoms with Crippen LogP contribution in [0.2, 0.25) is 5.02 Å². The maximum atomic E-state index is 12.6. The van der Waals surface area contributed by atoms with E-state index >= 15 is 0 Å².